The van der Waals surface area contributed by atoms with E-state index < -0.39 is 0 Å². The second-order valence-electron chi connectivity index (χ2n) is 6.15. The summed E-state index contributed by atoms with van der Waals surface area (Å²) >= 11 is 2.64. The van der Waals surface area contributed by atoms with Crippen molar-refractivity contribution < 1.29 is 14.3 Å². The zero-order valence-corrected chi connectivity index (χ0v) is 18.4. The number of nitrogens with one attached hydrogen (secondary N) is 2. The Hall–Kier alpha value is -2.92. The van der Waals surface area contributed by atoms with Gasteiger partial charge in [-0.15, -0.1) is 21.5 Å². The van der Waals surface area contributed by atoms with Gasteiger partial charge >= 0.3 is 0 Å². The van der Waals surface area contributed by atoms with E-state index in [0.29, 0.717) is 34.0 Å². The number of methoxy groups -OCH3 is 1. The molecular weight excluding hydrogens is 424 g/mol. The number of thioether (sulfide) groups is 1. The highest BCUT2D eigenvalue weighted by molar-refractivity contribution is 7.99. The van der Waals surface area contributed by atoms with Crippen molar-refractivity contribution in [1.29, 1.82) is 0 Å². The van der Waals surface area contributed by atoms with E-state index in [4.69, 9.17) is 4.74 Å². The summed E-state index contributed by atoms with van der Waals surface area (Å²) in [5.74, 6) is 0.868. The van der Waals surface area contributed by atoms with Crippen LogP contribution in [0, 0.1) is 0 Å². The number of carbonyl (C=O) groups excluding carboxylic acids is 2. The Balaban J connectivity index is 1.65. The largest absolute Gasteiger partial charge is 0.496 e. The highest BCUT2D eigenvalue weighted by atomic mass is 32.2. The molecule has 3 rings (SSSR count). The normalized spacial score (nSPS) is 11.7. The second-order valence-corrected chi connectivity index (χ2v) is 7.99. The molecule has 0 aliphatic heterocycles. The molecule has 1 aromatic carbocycles. The third kappa shape index (κ3) is 5.16. The Morgan fingerprint density at radius 3 is 2.80 bits per heavy atom. The van der Waals surface area contributed by atoms with E-state index in [9.17, 15) is 9.59 Å². The fourth-order valence-electron chi connectivity index (χ4n) is 2.77. The lowest BCUT2D eigenvalue weighted by Crippen LogP contribution is -2.29. The molecule has 11 heteroatoms. The fraction of sp³-hybridized carbons (Fsp3) is 0.316. The first-order chi connectivity index (χ1) is 14.5. The number of aromatic nitrogens is 4. The van der Waals surface area contributed by atoms with Gasteiger partial charge in [-0.2, -0.15) is 0 Å². The van der Waals surface area contributed by atoms with E-state index in [1.165, 1.54) is 30.2 Å². The lowest BCUT2D eigenvalue weighted by atomic mass is 10.1. The van der Waals surface area contributed by atoms with Crippen LogP contribution in [0.5, 0.6) is 5.75 Å². The highest BCUT2D eigenvalue weighted by Gasteiger charge is 2.21. The van der Waals surface area contributed by atoms with Gasteiger partial charge in [0.25, 0.3) is 5.91 Å². The van der Waals surface area contributed by atoms with Gasteiger partial charge in [0.15, 0.2) is 16.1 Å². The quantitative estimate of drug-likeness (QED) is 0.486. The number of nitrogens with zero attached hydrogens (tertiary/aromatic N) is 4. The minimum Gasteiger partial charge on any atom is -0.496 e. The van der Waals surface area contributed by atoms with Crippen LogP contribution in [-0.2, 0) is 11.3 Å². The number of ether oxygens (including phenoxy) is 1. The number of anilines is 1. The average molecular weight is 447 g/mol. The summed E-state index contributed by atoms with van der Waals surface area (Å²) < 4.78 is 7.14. The first-order valence-corrected chi connectivity index (χ1v) is 11.1. The number of hydrogen-bond donors (Lipinski definition) is 2. The molecular formula is C19H22N6O3S2. The first-order valence-electron chi connectivity index (χ1n) is 9.22. The lowest BCUT2D eigenvalue weighted by Gasteiger charge is -2.16. The maximum absolute atomic E-state index is 12.7. The molecule has 0 aliphatic carbocycles. The van der Waals surface area contributed by atoms with E-state index >= 15 is 0 Å². The standard InChI is InChI=1S/C19H22N6O3S2/c1-4-25-16(12(2)21-17(27)13-7-5-6-8-14(13)28-3)23-24-19(25)30-11-15(26)22-18-20-9-10-29-18/h5-10,12H,4,11H2,1-3H3,(H,21,27)(H,20,22,26)/t12-/m0/s1. The van der Waals surface area contributed by atoms with Crippen LogP contribution in [-0.4, -0.2) is 44.4 Å². The minimum atomic E-state index is -0.381. The van der Waals surface area contributed by atoms with E-state index in [1.54, 1.807) is 35.8 Å². The third-order valence-electron chi connectivity index (χ3n) is 4.16. The van der Waals surface area contributed by atoms with E-state index in [0.717, 1.165) is 0 Å². The Kier molecular flexibility index (Phi) is 7.41. The number of amides is 2. The average Bonchev–Trinajstić information content (AvgIpc) is 3.41. The second kappa shape index (κ2) is 10.2. The van der Waals surface area contributed by atoms with Gasteiger partial charge in [0.2, 0.25) is 5.91 Å². The molecule has 2 N–H and O–H groups in total. The molecule has 158 valence electrons. The number of rotatable bonds is 9. The van der Waals surface area contributed by atoms with Crippen molar-refractivity contribution in [3.05, 3.63) is 47.2 Å². The molecule has 0 saturated heterocycles. The van der Waals surface area contributed by atoms with E-state index in [1.807, 2.05) is 18.4 Å². The predicted molar refractivity (Wildman–Crippen MR) is 116 cm³/mol. The summed E-state index contributed by atoms with van der Waals surface area (Å²) in [5, 5.41) is 17.1. The van der Waals surface area contributed by atoms with Crippen molar-refractivity contribution in [3.63, 3.8) is 0 Å². The van der Waals surface area contributed by atoms with Crippen LogP contribution in [0.15, 0.2) is 41.0 Å². The molecule has 30 heavy (non-hydrogen) atoms. The van der Waals surface area contributed by atoms with Crippen LogP contribution >= 0.6 is 23.1 Å². The fourth-order valence-corrected chi connectivity index (χ4v) is 4.12. The molecule has 2 amide bonds. The van der Waals surface area contributed by atoms with Crippen molar-refractivity contribution in [1.82, 2.24) is 25.1 Å². The molecule has 0 unspecified atom stereocenters. The molecule has 0 fully saturated rings. The Morgan fingerprint density at radius 2 is 2.10 bits per heavy atom. The van der Waals surface area contributed by atoms with Crippen molar-refractivity contribution in [2.24, 2.45) is 0 Å². The predicted octanol–water partition coefficient (Wildman–Crippen LogP) is 2.98. The zero-order chi connectivity index (χ0) is 21.5. The zero-order valence-electron chi connectivity index (χ0n) is 16.8. The summed E-state index contributed by atoms with van der Waals surface area (Å²) in [4.78, 5) is 28.8. The maximum atomic E-state index is 12.7. The molecule has 1 atom stereocenters. The molecule has 0 radical (unpaired) electrons. The summed E-state index contributed by atoms with van der Waals surface area (Å²) in [6, 6.07) is 6.64. The lowest BCUT2D eigenvalue weighted by molar-refractivity contribution is -0.113. The molecule has 3 aromatic rings. The van der Waals surface area contributed by atoms with Crippen LogP contribution in [0.25, 0.3) is 0 Å². The van der Waals surface area contributed by atoms with Crippen LogP contribution in [0.4, 0.5) is 5.13 Å². The van der Waals surface area contributed by atoms with E-state index in [-0.39, 0.29) is 23.6 Å². The van der Waals surface area contributed by atoms with Crippen LogP contribution in [0.2, 0.25) is 0 Å². The van der Waals surface area contributed by atoms with Crippen molar-refractivity contribution in [2.75, 3.05) is 18.2 Å². The van der Waals surface area contributed by atoms with Gasteiger partial charge in [0.05, 0.1) is 24.5 Å². The van der Waals surface area contributed by atoms with Crippen LogP contribution < -0.4 is 15.4 Å². The van der Waals surface area contributed by atoms with Gasteiger partial charge in [-0.05, 0) is 26.0 Å². The molecule has 0 saturated carbocycles. The summed E-state index contributed by atoms with van der Waals surface area (Å²) in [5.41, 5.74) is 0.447. The summed E-state index contributed by atoms with van der Waals surface area (Å²) in [7, 11) is 1.53. The van der Waals surface area contributed by atoms with Gasteiger partial charge in [0.1, 0.15) is 5.75 Å². The number of hydrogen-bond acceptors (Lipinski definition) is 8. The monoisotopic (exact) mass is 446 g/mol. The van der Waals surface area contributed by atoms with Crippen molar-refractivity contribution in [3.8, 4) is 5.75 Å². The summed E-state index contributed by atoms with van der Waals surface area (Å²) in [6.07, 6.45) is 1.63. The third-order valence-corrected chi connectivity index (χ3v) is 5.81. The Bertz CT molecular complexity index is 1010. The number of benzene rings is 1. The topological polar surface area (TPSA) is 111 Å². The highest BCUT2D eigenvalue weighted by Crippen LogP contribution is 2.23. The first kappa shape index (κ1) is 21.8. The molecule has 0 spiro atoms. The summed E-state index contributed by atoms with van der Waals surface area (Å²) in [6.45, 7) is 4.40. The maximum Gasteiger partial charge on any atom is 0.255 e. The van der Waals surface area contributed by atoms with Crippen LogP contribution in [0.3, 0.4) is 0 Å². The SMILES string of the molecule is CCn1c(SCC(=O)Nc2nccs2)nnc1[C@H](C)NC(=O)c1ccccc1OC. The Labute approximate surface area is 182 Å². The van der Waals surface area contributed by atoms with Gasteiger partial charge in [-0.1, -0.05) is 23.9 Å². The molecule has 0 aliphatic rings. The number of thiazole rings is 1. The number of carbonyl (C=O) groups is 2. The smallest absolute Gasteiger partial charge is 0.255 e. The van der Waals surface area contributed by atoms with Crippen molar-refractivity contribution in [2.45, 2.75) is 31.6 Å². The molecule has 9 nitrogen and oxygen atoms in total. The van der Waals surface area contributed by atoms with Gasteiger partial charge < -0.3 is 19.9 Å². The molecule has 2 heterocycles. The van der Waals surface area contributed by atoms with Gasteiger partial charge in [-0.3, -0.25) is 9.59 Å². The van der Waals surface area contributed by atoms with E-state index in [2.05, 4.69) is 25.8 Å². The van der Waals surface area contributed by atoms with Gasteiger partial charge in [0, 0.05) is 18.1 Å². The van der Waals surface area contributed by atoms with Crippen molar-refractivity contribution >= 4 is 40.0 Å². The molecule has 0 bridgehead atoms. The number of para-hydroxylation sites is 1. The van der Waals surface area contributed by atoms with Gasteiger partial charge in [-0.25, -0.2) is 4.98 Å². The molecule has 2 aromatic heterocycles. The van der Waals surface area contributed by atoms with Crippen LogP contribution in [0.1, 0.15) is 36.1 Å². The Morgan fingerprint density at radius 1 is 1.30 bits per heavy atom. The minimum absolute atomic E-state index is 0.167.